The molecule has 182 valence electrons. The van der Waals surface area contributed by atoms with E-state index in [-0.39, 0.29) is 12.2 Å². The number of allylic oxidation sites excluding steroid dienone is 1. The van der Waals surface area contributed by atoms with E-state index in [2.05, 4.69) is 4.99 Å². The fourth-order valence-electron chi connectivity index (χ4n) is 3.98. The largest absolute Gasteiger partial charge is 0.496 e. The Kier molecular flexibility index (Phi) is 7.42. The van der Waals surface area contributed by atoms with Crippen molar-refractivity contribution in [1.29, 1.82) is 0 Å². The quantitative estimate of drug-likeness (QED) is 0.449. The van der Waals surface area contributed by atoms with Gasteiger partial charge >= 0.3 is 5.97 Å². The maximum atomic E-state index is 13.7. The van der Waals surface area contributed by atoms with Crippen LogP contribution in [0.5, 0.6) is 11.5 Å². The summed E-state index contributed by atoms with van der Waals surface area (Å²) in [5, 5.41) is 0.525. The van der Waals surface area contributed by atoms with Gasteiger partial charge in [-0.15, -0.1) is 0 Å². The Hall–Kier alpha value is -3.36. The summed E-state index contributed by atoms with van der Waals surface area (Å²) in [6.45, 7) is 6.16. The molecule has 0 N–H and O–H groups in total. The van der Waals surface area contributed by atoms with Crippen LogP contribution in [-0.2, 0) is 9.53 Å². The molecule has 0 saturated carbocycles. The average molecular weight is 513 g/mol. The number of nitrogens with zero attached hydrogens (tertiary/aromatic N) is 2. The molecule has 9 heteroatoms. The highest BCUT2D eigenvalue weighted by Crippen LogP contribution is 2.31. The van der Waals surface area contributed by atoms with Gasteiger partial charge in [-0.25, -0.2) is 9.79 Å². The van der Waals surface area contributed by atoms with E-state index in [0.29, 0.717) is 49.3 Å². The van der Waals surface area contributed by atoms with Crippen LogP contribution in [0.1, 0.15) is 37.9 Å². The molecule has 0 bridgehead atoms. The minimum Gasteiger partial charge on any atom is -0.496 e. The second-order valence-electron chi connectivity index (χ2n) is 7.69. The predicted octanol–water partition coefficient (Wildman–Crippen LogP) is 3.86. The fourth-order valence-corrected chi connectivity index (χ4v) is 5.20. The third-order valence-corrected chi connectivity index (χ3v) is 6.72. The summed E-state index contributed by atoms with van der Waals surface area (Å²) in [6, 6.07) is 11.9. The van der Waals surface area contributed by atoms with Crippen LogP contribution in [0.25, 0.3) is 6.08 Å². The monoisotopic (exact) mass is 512 g/mol. The number of hydrogen-bond donors (Lipinski definition) is 0. The Morgan fingerprint density at radius 1 is 1.17 bits per heavy atom. The van der Waals surface area contributed by atoms with Crippen molar-refractivity contribution in [1.82, 2.24) is 4.57 Å². The number of rotatable bonds is 7. The lowest BCUT2D eigenvalue weighted by Gasteiger charge is -2.24. The Morgan fingerprint density at radius 3 is 2.57 bits per heavy atom. The van der Waals surface area contributed by atoms with Crippen LogP contribution in [-0.4, -0.2) is 30.9 Å². The molecule has 0 unspecified atom stereocenters. The van der Waals surface area contributed by atoms with E-state index in [4.69, 9.17) is 25.8 Å². The number of carbonyl (C=O) groups excluding carboxylic acids is 1. The molecular weight excluding hydrogens is 488 g/mol. The van der Waals surface area contributed by atoms with Gasteiger partial charge in [-0.1, -0.05) is 35.1 Å². The molecule has 7 nitrogen and oxygen atoms in total. The normalized spacial score (nSPS) is 15.5. The number of hydrogen-bond acceptors (Lipinski definition) is 7. The van der Waals surface area contributed by atoms with Crippen LogP contribution in [0, 0.1) is 0 Å². The Labute approximate surface area is 211 Å². The summed E-state index contributed by atoms with van der Waals surface area (Å²) < 4.78 is 18.3. The second kappa shape index (κ2) is 10.5. The molecule has 35 heavy (non-hydrogen) atoms. The van der Waals surface area contributed by atoms with Crippen molar-refractivity contribution >= 4 is 35.0 Å². The Bertz CT molecular complexity index is 1470. The van der Waals surface area contributed by atoms with Crippen LogP contribution in [0.4, 0.5) is 0 Å². The van der Waals surface area contributed by atoms with Crippen molar-refractivity contribution in [3.8, 4) is 11.5 Å². The number of aromatic nitrogens is 1. The van der Waals surface area contributed by atoms with Gasteiger partial charge in [-0.3, -0.25) is 9.36 Å². The van der Waals surface area contributed by atoms with Crippen LogP contribution in [0.15, 0.2) is 63.5 Å². The van der Waals surface area contributed by atoms with E-state index in [9.17, 15) is 9.59 Å². The van der Waals surface area contributed by atoms with E-state index in [1.807, 2.05) is 31.2 Å². The molecule has 4 rings (SSSR count). The van der Waals surface area contributed by atoms with E-state index >= 15 is 0 Å². The number of carbonyl (C=O) groups is 1. The number of methoxy groups -OCH3 is 1. The summed E-state index contributed by atoms with van der Waals surface area (Å²) in [7, 11) is 1.56. The van der Waals surface area contributed by atoms with Gasteiger partial charge in [-0.05, 0) is 62.7 Å². The van der Waals surface area contributed by atoms with Gasteiger partial charge in [0.15, 0.2) is 4.80 Å². The summed E-state index contributed by atoms with van der Waals surface area (Å²) in [6.07, 6.45) is 1.73. The van der Waals surface area contributed by atoms with Crippen molar-refractivity contribution in [3.05, 3.63) is 89.6 Å². The molecular formula is C26H25ClN2O5S. The van der Waals surface area contributed by atoms with Crippen LogP contribution >= 0.6 is 22.9 Å². The standard InChI is InChI=1S/C26H25ClN2O5S/c1-5-33-19-10-7-16(8-11-19)23-22(25(31)34-6-2)15(3)28-26-29(23)24(30)21(35-26)14-17-13-18(27)9-12-20(17)32-4/h7-14,23H,5-6H2,1-4H3/b21-14-/t23-/m1/s1. The van der Waals surface area contributed by atoms with Gasteiger partial charge in [0.1, 0.15) is 11.5 Å². The molecule has 0 fully saturated rings. The molecule has 2 aromatic carbocycles. The van der Waals surface area contributed by atoms with Gasteiger partial charge in [0.05, 0.1) is 42.2 Å². The topological polar surface area (TPSA) is 79.1 Å². The number of benzene rings is 2. The van der Waals surface area contributed by atoms with E-state index < -0.39 is 12.0 Å². The number of ether oxygens (including phenoxy) is 3. The zero-order valence-corrected chi connectivity index (χ0v) is 21.4. The summed E-state index contributed by atoms with van der Waals surface area (Å²) in [5.41, 5.74) is 1.98. The summed E-state index contributed by atoms with van der Waals surface area (Å²) in [4.78, 5) is 31.8. The third kappa shape index (κ3) is 4.90. The van der Waals surface area contributed by atoms with Gasteiger partial charge in [-0.2, -0.15) is 0 Å². The highest BCUT2D eigenvalue weighted by Gasteiger charge is 2.33. The molecule has 1 aliphatic rings. The molecule has 1 aliphatic heterocycles. The maximum Gasteiger partial charge on any atom is 0.338 e. The number of halogens is 1. The fraction of sp³-hybridized carbons (Fsp3) is 0.269. The maximum absolute atomic E-state index is 13.7. The summed E-state index contributed by atoms with van der Waals surface area (Å²) in [5.74, 6) is 0.792. The molecule has 3 aromatic rings. The molecule has 0 saturated heterocycles. The lowest BCUT2D eigenvalue weighted by atomic mass is 9.96. The smallest absolute Gasteiger partial charge is 0.338 e. The van der Waals surface area contributed by atoms with Crippen molar-refractivity contribution in [2.75, 3.05) is 20.3 Å². The average Bonchev–Trinajstić information content (AvgIpc) is 3.13. The zero-order chi connectivity index (χ0) is 25.1. The lowest BCUT2D eigenvalue weighted by Crippen LogP contribution is -2.39. The minimum atomic E-state index is -0.690. The van der Waals surface area contributed by atoms with E-state index in [0.717, 1.165) is 5.56 Å². The van der Waals surface area contributed by atoms with Crippen molar-refractivity contribution < 1.29 is 19.0 Å². The zero-order valence-electron chi connectivity index (χ0n) is 19.8. The van der Waals surface area contributed by atoms with Crippen LogP contribution in [0.3, 0.4) is 0 Å². The van der Waals surface area contributed by atoms with Gasteiger partial charge in [0.2, 0.25) is 0 Å². The van der Waals surface area contributed by atoms with E-state index in [1.54, 1.807) is 49.8 Å². The number of thiazole rings is 1. The SMILES string of the molecule is CCOC(=O)C1=C(C)N=c2s/c(=C\c3cc(Cl)ccc3OC)c(=O)n2[C@@H]1c1ccc(OCC)cc1. The van der Waals surface area contributed by atoms with Gasteiger partial charge < -0.3 is 14.2 Å². The molecule has 2 heterocycles. The lowest BCUT2D eigenvalue weighted by molar-refractivity contribution is -0.139. The first kappa shape index (κ1) is 24.8. The van der Waals surface area contributed by atoms with E-state index in [1.165, 1.54) is 11.3 Å². The second-order valence-corrected chi connectivity index (χ2v) is 9.14. The summed E-state index contributed by atoms with van der Waals surface area (Å²) >= 11 is 7.42. The highest BCUT2D eigenvalue weighted by molar-refractivity contribution is 7.07. The Balaban J connectivity index is 1.94. The minimum absolute atomic E-state index is 0.213. The molecule has 0 spiro atoms. The van der Waals surface area contributed by atoms with Crippen LogP contribution in [0.2, 0.25) is 5.02 Å². The Morgan fingerprint density at radius 2 is 1.91 bits per heavy atom. The molecule has 1 aromatic heterocycles. The van der Waals surface area contributed by atoms with Crippen molar-refractivity contribution in [3.63, 3.8) is 0 Å². The third-order valence-electron chi connectivity index (χ3n) is 5.50. The molecule has 0 radical (unpaired) electrons. The molecule has 0 amide bonds. The van der Waals surface area contributed by atoms with Crippen LogP contribution < -0.4 is 24.4 Å². The number of esters is 1. The predicted molar refractivity (Wildman–Crippen MR) is 136 cm³/mol. The first-order chi connectivity index (χ1) is 16.9. The molecule has 1 atom stereocenters. The molecule has 0 aliphatic carbocycles. The van der Waals surface area contributed by atoms with Gasteiger partial charge in [0, 0.05) is 10.6 Å². The van der Waals surface area contributed by atoms with Crippen molar-refractivity contribution in [2.45, 2.75) is 26.8 Å². The van der Waals surface area contributed by atoms with Crippen molar-refractivity contribution in [2.24, 2.45) is 4.99 Å². The highest BCUT2D eigenvalue weighted by atomic mass is 35.5. The number of fused-ring (bicyclic) bond motifs is 1. The van der Waals surface area contributed by atoms with Gasteiger partial charge in [0.25, 0.3) is 5.56 Å². The first-order valence-corrected chi connectivity index (χ1v) is 12.3. The first-order valence-electron chi connectivity index (χ1n) is 11.1.